The van der Waals surface area contributed by atoms with Gasteiger partial charge in [-0.3, -0.25) is 9.36 Å². The van der Waals surface area contributed by atoms with Gasteiger partial charge in [0.15, 0.2) is 11.8 Å². The second kappa shape index (κ2) is 12.9. The van der Waals surface area contributed by atoms with Gasteiger partial charge in [-0.25, -0.2) is 9.19 Å². The molecule has 2 aromatic heterocycles. The number of amides is 1. The van der Waals surface area contributed by atoms with Crippen LogP contribution >= 0.6 is 11.6 Å². The molecule has 1 amide bonds. The van der Waals surface area contributed by atoms with E-state index in [-0.39, 0.29) is 32.0 Å². The molecular weight excluding hydrogens is 638 g/mol. The zero-order valence-corrected chi connectivity index (χ0v) is 28.6. The first-order chi connectivity index (χ1) is 21.4. The summed E-state index contributed by atoms with van der Waals surface area (Å²) in [6.07, 6.45) is -1.93. The van der Waals surface area contributed by atoms with E-state index in [0.29, 0.717) is 59.1 Å². The van der Waals surface area contributed by atoms with E-state index in [4.69, 9.17) is 40.5 Å². The van der Waals surface area contributed by atoms with E-state index in [1.54, 1.807) is 6.07 Å². The Balaban J connectivity index is 1.25. The summed E-state index contributed by atoms with van der Waals surface area (Å²) in [5, 5.41) is 10.6. The number of fused-ring (bicyclic) bond motifs is 2. The highest BCUT2D eigenvalue weighted by molar-refractivity contribution is 7.94. The summed E-state index contributed by atoms with van der Waals surface area (Å²) in [6, 6.07) is 11.0. The molecule has 0 bridgehead atoms. The van der Waals surface area contributed by atoms with Crippen LogP contribution in [-0.2, 0) is 35.5 Å². The minimum atomic E-state index is -2.49. The van der Waals surface area contributed by atoms with Crippen LogP contribution in [0.15, 0.2) is 34.7 Å². The van der Waals surface area contributed by atoms with E-state index >= 15 is 0 Å². The number of anilines is 1. The number of aliphatic hydroxyl groups is 1. The van der Waals surface area contributed by atoms with E-state index in [2.05, 4.69) is 28.9 Å². The number of aliphatic hydroxyl groups excluding tert-OH is 1. The molecule has 3 aromatic rings. The summed E-state index contributed by atoms with van der Waals surface area (Å²) in [6.45, 7) is 10.6. The molecule has 2 unspecified atom stereocenters. The zero-order chi connectivity index (χ0) is 31.9. The Bertz CT molecular complexity index is 1670. The van der Waals surface area contributed by atoms with Gasteiger partial charge >= 0.3 is 6.01 Å². The van der Waals surface area contributed by atoms with Gasteiger partial charge in [-0.2, -0.15) is 9.35 Å². The predicted molar refractivity (Wildman–Crippen MR) is 175 cm³/mol. The van der Waals surface area contributed by atoms with Crippen molar-refractivity contribution in [3.63, 3.8) is 0 Å². The van der Waals surface area contributed by atoms with Crippen molar-refractivity contribution in [2.24, 2.45) is 4.36 Å². The standard InChI is InChI=1S/C30H40ClN5O7SSi/c1-19(37)34-44(39)12-9-35(10-13-44)21-7-5-20(6-8-21)26-22(31)15-23-29(33-26)36(18-40-11-14-45(2,3)4)30(32-23)43-25-17-42-27-24(38)16-41-28(25)27/h5-8,15,24-25,27-28,38H,9-14,16-18H2,1-4H3/t24?,25?,27-,28-/m1/s1. The number of benzene rings is 1. The molecule has 6 rings (SSSR count). The lowest BCUT2D eigenvalue weighted by molar-refractivity contribution is -0.115. The number of hydrogen-bond donors (Lipinski definition) is 1. The first-order valence-corrected chi connectivity index (χ1v) is 21.1. The lowest BCUT2D eigenvalue weighted by Crippen LogP contribution is -2.40. The third-order valence-corrected chi connectivity index (χ3v) is 12.5. The number of ether oxygens (including phenoxy) is 4. The molecule has 15 heteroatoms. The fraction of sp³-hybridized carbons (Fsp3) is 0.567. The number of imidazole rings is 1. The Morgan fingerprint density at radius 3 is 2.53 bits per heavy atom. The molecule has 5 heterocycles. The molecule has 3 fully saturated rings. The Hall–Kier alpha value is -2.59. The molecule has 3 saturated heterocycles. The van der Waals surface area contributed by atoms with Crippen molar-refractivity contribution in [1.29, 1.82) is 0 Å². The molecule has 12 nitrogen and oxygen atoms in total. The van der Waals surface area contributed by atoms with Gasteiger partial charge in [0.1, 0.15) is 30.6 Å². The lowest BCUT2D eigenvalue weighted by Gasteiger charge is -2.30. The second-order valence-corrected chi connectivity index (χ2v) is 21.5. The van der Waals surface area contributed by atoms with Crippen LogP contribution in [0.5, 0.6) is 6.01 Å². The Morgan fingerprint density at radius 1 is 1.13 bits per heavy atom. The van der Waals surface area contributed by atoms with E-state index < -0.39 is 36.1 Å². The molecule has 0 aliphatic carbocycles. The van der Waals surface area contributed by atoms with Gasteiger partial charge in [0.25, 0.3) is 5.91 Å². The topological polar surface area (TPSA) is 138 Å². The predicted octanol–water partition coefficient (Wildman–Crippen LogP) is 3.80. The number of halogens is 1. The average Bonchev–Trinajstić information content (AvgIpc) is 3.65. The van der Waals surface area contributed by atoms with Crippen molar-refractivity contribution >= 4 is 52.2 Å². The van der Waals surface area contributed by atoms with Gasteiger partial charge in [0.05, 0.1) is 33.7 Å². The van der Waals surface area contributed by atoms with Gasteiger partial charge in [-0.1, -0.05) is 43.4 Å². The van der Waals surface area contributed by atoms with Gasteiger partial charge in [-0.05, 0) is 24.2 Å². The molecule has 0 radical (unpaired) electrons. The highest BCUT2D eigenvalue weighted by atomic mass is 35.5. The molecule has 244 valence electrons. The lowest BCUT2D eigenvalue weighted by atomic mass is 10.1. The van der Waals surface area contributed by atoms with Crippen molar-refractivity contribution in [3.8, 4) is 17.3 Å². The van der Waals surface area contributed by atoms with Crippen LogP contribution in [0.3, 0.4) is 0 Å². The third kappa shape index (κ3) is 7.21. The van der Waals surface area contributed by atoms with Gasteiger partial charge in [0.2, 0.25) is 0 Å². The Kier molecular flexibility index (Phi) is 9.27. The Morgan fingerprint density at radius 2 is 1.84 bits per heavy atom. The van der Waals surface area contributed by atoms with E-state index in [1.165, 1.54) is 6.92 Å². The maximum atomic E-state index is 12.8. The molecule has 3 aliphatic heterocycles. The summed E-state index contributed by atoms with van der Waals surface area (Å²) >= 11 is 6.77. The number of hydrogen-bond acceptors (Lipinski definition) is 10. The van der Waals surface area contributed by atoms with E-state index in [0.717, 1.165) is 17.3 Å². The summed E-state index contributed by atoms with van der Waals surface area (Å²) < 4.78 is 42.5. The highest BCUT2D eigenvalue weighted by Crippen LogP contribution is 2.34. The maximum absolute atomic E-state index is 12.8. The molecule has 0 spiro atoms. The van der Waals surface area contributed by atoms with Crippen molar-refractivity contribution in [2.45, 2.75) is 63.8 Å². The average molecular weight is 678 g/mol. The number of aromatic nitrogens is 3. The van der Waals surface area contributed by atoms with Crippen LogP contribution in [0.4, 0.5) is 5.69 Å². The Labute approximate surface area is 269 Å². The SMILES string of the molecule is CC(=O)N=S1(=O)CCN(c2ccc(-c3nc4c(cc3Cl)nc(OC3CO[C@@H]5C(O)CO[C@H]35)n4COCC[Si](C)(C)C)cc2)CC1. The fourth-order valence-electron chi connectivity index (χ4n) is 5.76. The van der Waals surface area contributed by atoms with Gasteiger partial charge in [-0.15, -0.1) is 0 Å². The van der Waals surface area contributed by atoms with E-state index in [1.807, 2.05) is 28.8 Å². The minimum absolute atomic E-state index is 0.197. The van der Waals surface area contributed by atoms with Crippen molar-refractivity contribution < 1.29 is 33.1 Å². The number of nitrogens with zero attached hydrogens (tertiary/aromatic N) is 5. The van der Waals surface area contributed by atoms with Crippen LogP contribution < -0.4 is 9.64 Å². The van der Waals surface area contributed by atoms with Crippen molar-refractivity contribution in [1.82, 2.24) is 14.5 Å². The molecule has 1 N–H and O–H groups in total. The van der Waals surface area contributed by atoms with Crippen LogP contribution in [0, 0.1) is 0 Å². The highest BCUT2D eigenvalue weighted by Gasteiger charge is 2.49. The first kappa shape index (κ1) is 32.4. The van der Waals surface area contributed by atoms with Gasteiger partial charge < -0.3 is 29.0 Å². The second-order valence-electron chi connectivity index (χ2n) is 13.0. The van der Waals surface area contributed by atoms with Crippen LogP contribution in [0.25, 0.3) is 22.4 Å². The van der Waals surface area contributed by atoms with Crippen molar-refractivity contribution in [2.75, 3.05) is 49.3 Å². The molecule has 3 aliphatic rings. The molecule has 0 saturated carbocycles. The minimum Gasteiger partial charge on any atom is -0.456 e. The zero-order valence-electron chi connectivity index (χ0n) is 26.0. The van der Waals surface area contributed by atoms with E-state index in [9.17, 15) is 14.1 Å². The third-order valence-electron chi connectivity index (χ3n) is 8.26. The quantitative estimate of drug-likeness (QED) is 0.263. The molecule has 1 aromatic carbocycles. The smallest absolute Gasteiger partial charge is 0.301 e. The molecule has 45 heavy (non-hydrogen) atoms. The van der Waals surface area contributed by atoms with Gasteiger partial charge in [0, 0.05) is 57.5 Å². The summed E-state index contributed by atoms with van der Waals surface area (Å²) in [5.41, 5.74) is 3.55. The number of rotatable bonds is 9. The monoisotopic (exact) mass is 677 g/mol. The normalized spacial score (nSPS) is 24.6. The summed E-state index contributed by atoms with van der Waals surface area (Å²) in [7, 11) is -3.78. The maximum Gasteiger partial charge on any atom is 0.301 e. The van der Waals surface area contributed by atoms with Crippen molar-refractivity contribution in [3.05, 3.63) is 35.4 Å². The van der Waals surface area contributed by atoms with Crippen LogP contribution in [0.1, 0.15) is 6.92 Å². The molecule has 4 atom stereocenters. The number of pyridine rings is 1. The summed E-state index contributed by atoms with van der Waals surface area (Å²) in [5.74, 6) is 0.322. The molecular formula is C30H40ClN5O7SSi. The summed E-state index contributed by atoms with van der Waals surface area (Å²) in [4.78, 5) is 23.2. The van der Waals surface area contributed by atoms with Crippen LogP contribution in [0.2, 0.25) is 30.7 Å². The fourth-order valence-corrected chi connectivity index (χ4v) is 8.64. The largest absolute Gasteiger partial charge is 0.456 e. The first-order valence-electron chi connectivity index (χ1n) is 15.2. The number of carbonyl (C=O) groups is 1. The number of carbonyl (C=O) groups excluding carboxylic acids is 1. The van der Waals surface area contributed by atoms with Crippen LogP contribution in [-0.4, -0.2) is 107 Å².